The van der Waals surface area contributed by atoms with Crippen molar-refractivity contribution >= 4 is 44.4 Å². The lowest BCUT2D eigenvalue weighted by Crippen LogP contribution is -2.48. The van der Waals surface area contributed by atoms with Crippen LogP contribution in [0.15, 0.2) is 71.7 Å². The molecule has 2 aromatic heterocycles. The van der Waals surface area contributed by atoms with E-state index in [-0.39, 0.29) is 11.7 Å². The Labute approximate surface area is 207 Å². The van der Waals surface area contributed by atoms with E-state index < -0.39 is 0 Å². The number of hydrogen-bond donors (Lipinski definition) is 0. The average molecular weight is 481 g/mol. The molecule has 3 heterocycles. The van der Waals surface area contributed by atoms with E-state index in [0.29, 0.717) is 48.1 Å². The van der Waals surface area contributed by atoms with Crippen molar-refractivity contribution in [2.24, 2.45) is 0 Å². The summed E-state index contributed by atoms with van der Waals surface area (Å²) in [4.78, 5) is 16.0. The van der Waals surface area contributed by atoms with Gasteiger partial charge in [-0.2, -0.15) is 0 Å². The number of fused-ring (bicyclic) bond motifs is 4. The van der Waals surface area contributed by atoms with Gasteiger partial charge in [-0.1, -0.05) is 43.8 Å². The highest BCUT2D eigenvalue weighted by molar-refractivity contribution is 6.14. The van der Waals surface area contributed by atoms with Crippen LogP contribution in [0.2, 0.25) is 0 Å². The van der Waals surface area contributed by atoms with Crippen LogP contribution in [0.4, 0.5) is 10.2 Å². The largest absolute Gasteiger partial charge is 0.456 e. The summed E-state index contributed by atoms with van der Waals surface area (Å²) in [5.41, 5.74) is 4.06. The van der Waals surface area contributed by atoms with Gasteiger partial charge in [0.05, 0.1) is 5.39 Å². The highest BCUT2D eigenvalue weighted by Crippen LogP contribution is 2.39. The molecule has 180 valence electrons. The van der Waals surface area contributed by atoms with Gasteiger partial charge in [0.15, 0.2) is 5.82 Å². The molecule has 0 radical (unpaired) electrons. The third-order valence-corrected chi connectivity index (χ3v) is 7.04. The summed E-state index contributed by atoms with van der Waals surface area (Å²) in [6, 6.07) is 17.0. The van der Waals surface area contributed by atoms with E-state index in [1.165, 1.54) is 17.7 Å². The third kappa shape index (κ3) is 3.50. The summed E-state index contributed by atoms with van der Waals surface area (Å²) in [6.45, 7) is 8.11. The van der Waals surface area contributed by atoms with Crippen molar-refractivity contribution in [3.8, 4) is 11.3 Å². The number of carbonyl (C=O) groups excluding carboxylic acids is 1. The Morgan fingerprint density at radius 2 is 1.81 bits per heavy atom. The maximum Gasteiger partial charge on any atom is 0.246 e. The standard InChI is InChI=1S/C29H25FN4O2/c1-3-18-8-5-6-9-19(18)28-20-16-22-25(36-24-11-7-10-23(30)27(22)24)17-21(20)29(32-31-28)34-14-12-33(13-15-34)26(35)4-2/h4-11,16-17H,2-3,12-15H2,1H3. The van der Waals surface area contributed by atoms with Gasteiger partial charge in [-0.3, -0.25) is 4.79 Å². The van der Waals surface area contributed by atoms with E-state index >= 15 is 0 Å². The van der Waals surface area contributed by atoms with Crippen molar-refractivity contribution in [2.45, 2.75) is 13.3 Å². The van der Waals surface area contributed by atoms with E-state index in [1.807, 2.05) is 24.3 Å². The maximum absolute atomic E-state index is 14.9. The van der Waals surface area contributed by atoms with E-state index in [4.69, 9.17) is 9.52 Å². The molecule has 36 heavy (non-hydrogen) atoms. The van der Waals surface area contributed by atoms with Crippen LogP contribution in [-0.2, 0) is 11.2 Å². The van der Waals surface area contributed by atoms with Crippen LogP contribution in [0.5, 0.6) is 0 Å². The van der Waals surface area contributed by atoms with Gasteiger partial charge in [-0.25, -0.2) is 4.39 Å². The van der Waals surface area contributed by atoms with Crippen LogP contribution < -0.4 is 4.90 Å². The second kappa shape index (κ2) is 8.75. The molecule has 7 heteroatoms. The molecule has 1 fully saturated rings. The van der Waals surface area contributed by atoms with Gasteiger partial charge in [-0.05, 0) is 42.3 Å². The predicted molar refractivity (Wildman–Crippen MR) is 141 cm³/mol. The molecule has 5 aromatic rings. The molecular weight excluding hydrogens is 455 g/mol. The SMILES string of the molecule is C=CC(=O)N1CCN(c2nnc(-c3ccccc3CC)c3cc4c(cc23)oc2cccc(F)c24)CC1. The molecule has 0 unspecified atom stereocenters. The van der Waals surface area contributed by atoms with E-state index in [2.05, 4.69) is 35.6 Å². The average Bonchev–Trinajstić information content (AvgIpc) is 3.29. The Kier molecular flexibility index (Phi) is 5.40. The smallest absolute Gasteiger partial charge is 0.246 e. The number of amides is 1. The second-order valence-corrected chi connectivity index (χ2v) is 9.01. The first-order valence-corrected chi connectivity index (χ1v) is 12.1. The first kappa shape index (κ1) is 22.2. The minimum atomic E-state index is -0.314. The topological polar surface area (TPSA) is 62.5 Å². The van der Waals surface area contributed by atoms with Gasteiger partial charge in [0.1, 0.15) is 22.7 Å². The summed E-state index contributed by atoms with van der Waals surface area (Å²) in [5, 5.41) is 12.4. The zero-order valence-electron chi connectivity index (χ0n) is 20.0. The first-order chi connectivity index (χ1) is 17.6. The van der Waals surface area contributed by atoms with E-state index in [1.54, 1.807) is 17.0 Å². The molecule has 1 aliphatic heterocycles. The number of piperazine rings is 1. The fraction of sp³-hybridized carbons (Fsp3) is 0.207. The molecule has 1 saturated heterocycles. The molecule has 1 aliphatic rings. The first-order valence-electron chi connectivity index (χ1n) is 12.1. The quantitative estimate of drug-likeness (QED) is 0.307. The molecule has 0 aliphatic carbocycles. The highest BCUT2D eigenvalue weighted by Gasteiger charge is 2.25. The molecule has 0 bridgehead atoms. The maximum atomic E-state index is 14.9. The second-order valence-electron chi connectivity index (χ2n) is 9.01. The lowest BCUT2D eigenvalue weighted by Gasteiger charge is -2.35. The molecule has 0 saturated carbocycles. The summed E-state index contributed by atoms with van der Waals surface area (Å²) < 4.78 is 20.9. The van der Waals surface area contributed by atoms with Crippen LogP contribution in [-0.4, -0.2) is 47.2 Å². The number of halogens is 1. The van der Waals surface area contributed by atoms with Crippen molar-refractivity contribution < 1.29 is 13.6 Å². The van der Waals surface area contributed by atoms with Crippen LogP contribution >= 0.6 is 0 Å². The molecule has 6 rings (SSSR count). The number of benzene rings is 3. The minimum absolute atomic E-state index is 0.0666. The van der Waals surface area contributed by atoms with Crippen molar-refractivity contribution in [2.75, 3.05) is 31.1 Å². The molecule has 1 amide bonds. The van der Waals surface area contributed by atoms with E-state index in [9.17, 15) is 9.18 Å². The highest BCUT2D eigenvalue weighted by atomic mass is 19.1. The van der Waals surface area contributed by atoms with Gasteiger partial charge in [0, 0.05) is 47.9 Å². The fourth-order valence-corrected chi connectivity index (χ4v) is 5.17. The van der Waals surface area contributed by atoms with Gasteiger partial charge >= 0.3 is 0 Å². The molecule has 0 atom stereocenters. The zero-order valence-corrected chi connectivity index (χ0v) is 20.0. The van der Waals surface area contributed by atoms with Crippen LogP contribution in [0, 0.1) is 5.82 Å². The third-order valence-electron chi connectivity index (χ3n) is 7.04. The summed E-state index contributed by atoms with van der Waals surface area (Å²) in [5.74, 6) is 0.353. The molecule has 0 N–H and O–H groups in total. The normalized spacial score (nSPS) is 14.2. The Morgan fingerprint density at radius 1 is 1.00 bits per heavy atom. The number of aromatic nitrogens is 2. The number of carbonyl (C=O) groups is 1. The number of hydrogen-bond acceptors (Lipinski definition) is 5. The Bertz CT molecular complexity index is 1650. The summed E-state index contributed by atoms with van der Waals surface area (Å²) >= 11 is 0. The summed E-state index contributed by atoms with van der Waals surface area (Å²) in [6.07, 6.45) is 2.20. The van der Waals surface area contributed by atoms with Crippen molar-refractivity contribution in [3.63, 3.8) is 0 Å². The van der Waals surface area contributed by atoms with Gasteiger partial charge in [-0.15, -0.1) is 10.2 Å². The monoisotopic (exact) mass is 480 g/mol. The molecular formula is C29H25FN4O2. The number of furan rings is 1. The van der Waals surface area contributed by atoms with Gasteiger partial charge in [0.25, 0.3) is 0 Å². The van der Waals surface area contributed by atoms with Gasteiger partial charge < -0.3 is 14.2 Å². The molecule has 3 aromatic carbocycles. The predicted octanol–water partition coefficient (Wildman–Crippen LogP) is 5.73. The number of aryl methyl sites for hydroxylation is 1. The molecule has 6 nitrogen and oxygen atoms in total. The zero-order chi connectivity index (χ0) is 24.8. The lowest BCUT2D eigenvalue weighted by molar-refractivity contribution is -0.126. The van der Waals surface area contributed by atoms with Crippen LogP contribution in [0.1, 0.15) is 12.5 Å². The summed E-state index contributed by atoms with van der Waals surface area (Å²) in [7, 11) is 0. The number of anilines is 1. The number of rotatable bonds is 4. The Hall–Kier alpha value is -4.26. The van der Waals surface area contributed by atoms with Crippen molar-refractivity contribution in [1.82, 2.24) is 15.1 Å². The van der Waals surface area contributed by atoms with Crippen molar-refractivity contribution in [1.29, 1.82) is 0 Å². The van der Waals surface area contributed by atoms with Gasteiger partial charge in [0.2, 0.25) is 5.91 Å². The number of nitrogens with zero attached hydrogens (tertiary/aromatic N) is 4. The van der Waals surface area contributed by atoms with Crippen LogP contribution in [0.3, 0.4) is 0 Å². The van der Waals surface area contributed by atoms with E-state index in [0.717, 1.165) is 34.3 Å². The minimum Gasteiger partial charge on any atom is -0.456 e. The Morgan fingerprint density at radius 3 is 2.58 bits per heavy atom. The fourth-order valence-electron chi connectivity index (χ4n) is 5.17. The molecule has 0 spiro atoms. The van der Waals surface area contributed by atoms with Crippen LogP contribution in [0.25, 0.3) is 44.0 Å². The Balaban J connectivity index is 1.58. The lowest BCUT2D eigenvalue weighted by atomic mass is 9.97. The van der Waals surface area contributed by atoms with Crippen molar-refractivity contribution in [3.05, 3.63) is 78.6 Å².